The zero-order valence-electron chi connectivity index (χ0n) is 19.0. The van der Waals surface area contributed by atoms with Gasteiger partial charge in [0, 0.05) is 28.8 Å². The van der Waals surface area contributed by atoms with E-state index in [2.05, 4.69) is 16.0 Å². The third-order valence-electron chi connectivity index (χ3n) is 6.69. The summed E-state index contributed by atoms with van der Waals surface area (Å²) in [5, 5.41) is 8.79. The number of hydrogen-bond acceptors (Lipinski definition) is 4. The smallest absolute Gasteiger partial charge is 0.251 e. The van der Waals surface area contributed by atoms with Gasteiger partial charge in [-0.15, -0.1) is 0 Å². The number of carbonyl (C=O) groups is 3. The molecule has 2 fully saturated rings. The van der Waals surface area contributed by atoms with Crippen LogP contribution < -0.4 is 16.0 Å². The molecule has 3 amide bonds. The first-order valence-electron chi connectivity index (χ1n) is 12.2. The monoisotopic (exact) mass is 451 g/mol. The number of amides is 3. The number of rotatable bonds is 7. The fourth-order valence-corrected chi connectivity index (χ4v) is 4.80. The van der Waals surface area contributed by atoms with Gasteiger partial charge in [0.25, 0.3) is 5.91 Å². The van der Waals surface area contributed by atoms with Gasteiger partial charge in [0.05, 0.1) is 12.8 Å². The first-order valence-corrected chi connectivity index (χ1v) is 12.2. The third kappa shape index (κ3) is 6.46. The van der Waals surface area contributed by atoms with Crippen LogP contribution in [0.25, 0.3) is 0 Å². The van der Waals surface area contributed by atoms with Crippen LogP contribution in [0.15, 0.2) is 41.0 Å². The second-order valence-electron chi connectivity index (χ2n) is 9.21. The fourth-order valence-electron chi connectivity index (χ4n) is 4.80. The Morgan fingerprint density at radius 1 is 0.788 bits per heavy atom. The summed E-state index contributed by atoms with van der Waals surface area (Å²) in [6, 6.07) is 8.62. The van der Waals surface area contributed by atoms with Crippen LogP contribution in [0.1, 0.15) is 80.3 Å². The van der Waals surface area contributed by atoms with Crippen LogP contribution in [0.3, 0.4) is 0 Å². The molecule has 1 heterocycles. The summed E-state index contributed by atoms with van der Waals surface area (Å²) in [6.07, 6.45) is 11.7. The summed E-state index contributed by atoms with van der Waals surface area (Å²) >= 11 is 0. The van der Waals surface area contributed by atoms with Gasteiger partial charge in [0.15, 0.2) is 0 Å². The predicted octanol–water partition coefficient (Wildman–Crippen LogP) is 5.25. The lowest BCUT2D eigenvalue weighted by atomic mass is 9.88. The third-order valence-corrected chi connectivity index (χ3v) is 6.69. The zero-order chi connectivity index (χ0) is 23.0. The highest BCUT2D eigenvalue weighted by Crippen LogP contribution is 2.28. The van der Waals surface area contributed by atoms with E-state index in [1.807, 2.05) is 0 Å². The molecule has 33 heavy (non-hydrogen) atoms. The van der Waals surface area contributed by atoms with Crippen LogP contribution in [0.4, 0.5) is 11.4 Å². The molecule has 2 aliphatic rings. The molecule has 0 bridgehead atoms. The van der Waals surface area contributed by atoms with Crippen molar-refractivity contribution >= 4 is 29.1 Å². The summed E-state index contributed by atoms with van der Waals surface area (Å²) in [4.78, 5) is 38.4. The average Bonchev–Trinajstić information content (AvgIpc) is 3.37. The van der Waals surface area contributed by atoms with Crippen LogP contribution in [0.5, 0.6) is 0 Å². The minimum absolute atomic E-state index is 0.00420. The molecule has 7 nitrogen and oxygen atoms in total. The van der Waals surface area contributed by atoms with Gasteiger partial charge in [0.2, 0.25) is 11.8 Å². The number of anilines is 2. The molecule has 4 rings (SSSR count). The first kappa shape index (κ1) is 23.1. The van der Waals surface area contributed by atoms with E-state index in [-0.39, 0.29) is 36.1 Å². The topological polar surface area (TPSA) is 100 Å². The largest absolute Gasteiger partial charge is 0.467 e. The molecule has 0 spiro atoms. The van der Waals surface area contributed by atoms with E-state index < -0.39 is 0 Å². The molecule has 0 aliphatic heterocycles. The van der Waals surface area contributed by atoms with Gasteiger partial charge in [-0.2, -0.15) is 0 Å². The van der Waals surface area contributed by atoms with Crippen molar-refractivity contribution < 1.29 is 18.8 Å². The first-order chi connectivity index (χ1) is 16.1. The standard InChI is InChI=1S/C26H33N3O4/c30-24(27-17-23-12-7-13-33-23)20-14-21(28-25(31)18-8-3-1-4-9-18)16-22(15-20)29-26(32)19-10-5-2-6-11-19/h7,12-16,18-19H,1-6,8-11,17H2,(H,27,30)(H,28,31)(H,29,32). The fraction of sp³-hybridized carbons (Fsp3) is 0.500. The minimum atomic E-state index is -0.298. The number of hydrogen-bond donors (Lipinski definition) is 3. The molecule has 1 aromatic heterocycles. The van der Waals surface area contributed by atoms with E-state index >= 15 is 0 Å². The molecule has 2 aliphatic carbocycles. The van der Waals surface area contributed by atoms with Gasteiger partial charge in [0.1, 0.15) is 5.76 Å². The maximum atomic E-state index is 12.8. The molecule has 0 radical (unpaired) electrons. The maximum Gasteiger partial charge on any atom is 0.251 e. The normalized spacial score (nSPS) is 17.3. The SMILES string of the molecule is O=C(NCc1ccco1)c1cc(NC(=O)C2CCCCC2)cc(NC(=O)C2CCCCC2)c1. The molecule has 176 valence electrons. The molecule has 0 saturated heterocycles. The van der Waals surface area contributed by atoms with E-state index in [9.17, 15) is 14.4 Å². The van der Waals surface area contributed by atoms with E-state index in [0.29, 0.717) is 22.7 Å². The Balaban J connectivity index is 1.50. The van der Waals surface area contributed by atoms with Gasteiger partial charge < -0.3 is 20.4 Å². The Morgan fingerprint density at radius 2 is 1.33 bits per heavy atom. The molecule has 2 aromatic rings. The number of benzene rings is 1. The Morgan fingerprint density at radius 3 is 1.82 bits per heavy atom. The van der Waals surface area contributed by atoms with Crippen molar-refractivity contribution in [3.8, 4) is 0 Å². The van der Waals surface area contributed by atoms with Gasteiger partial charge >= 0.3 is 0 Å². The van der Waals surface area contributed by atoms with Crippen LogP contribution in [-0.4, -0.2) is 17.7 Å². The van der Waals surface area contributed by atoms with Gasteiger partial charge in [-0.1, -0.05) is 38.5 Å². The number of carbonyl (C=O) groups excluding carboxylic acids is 3. The van der Waals surface area contributed by atoms with Crippen molar-refractivity contribution in [2.75, 3.05) is 10.6 Å². The van der Waals surface area contributed by atoms with Crippen molar-refractivity contribution in [3.05, 3.63) is 47.9 Å². The molecule has 2 saturated carbocycles. The molecular weight excluding hydrogens is 418 g/mol. The van der Waals surface area contributed by atoms with Crippen molar-refractivity contribution in [1.29, 1.82) is 0 Å². The van der Waals surface area contributed by atoms with Gasteiger partial charge in [-0.25, -0.2) is 0 Å². The van der Waals surface area contributed by atoms with Crippen LogP contribution in [0.2, 0.25) is 0 Å². The van der Waals surface area contributed by atoms with E-state index in [4.69, 9.17) is 4.42 Å². The van der Waals surface area contributed by atoms with Crippen LogP contribution in [0, 0.1) is 11.8 Å². The van der Waals surface area contributed by atoms with E-state index in [1.165, 1.54) is 12.8 Å². The zero-order valence-corrected chi connectivity index (χ0v) is 19.0. The maximum absolute atomic E-state index is 12.8. The second kappa shape index (κ2) is 11.2. The Bertz CT molecular complexity index is 908. The summed E-state index contributed by atoms with van der Waals surface area (Å²) in [7, 11) is 0. The van der Waals surface area contributed by atoms with Crippen LogP contribution in [-0.2, 0) is 16.1 Å². The number of furan rings is 1. The van der Waals surface area contributed by atoms with Gasteiger partial charge in [-0.05, 0) is 56.0 Å². The van der Waals surface area contributed by atoms with E-state index in [0.717, 1.165) is 51.4 Å². The average molecular weight is 452 g/mol. The summed E-state index contributed by atoms with van der Waals surface area (Å²) in [6.45, 7) is 0.258. The summed E-state index contributed by atoms with van der Waals surface area (Å²) < 4.78 is 5.28. The van der Waals surface area contributed by atoms with Crippen molar-refractivity contribution in [3.63, 3.8) is 0 Å². The quantitative estimate of drug-likeness (QED) is 0.535. The van der Waals surface area contributed by atoms with Gasteiger partial charge in [-0.3, -0.25) is 14.4 Å². The lowest BCUT2D eigenvalue weighted by molar-refractivity contribution is -0.121. The minimum Gasteiger partial charge on any atom is -0.467 e. The lowest BCUT2D eigenvalue weighted by Crippen LogP contribution is -2.27. The number of nitrogens with one attached hydrogen (secondary N) is 3. The molecule has 7 heteroatoms. The highest BCUT2D eigenvalue weighted by Gasteiger charge is 2.23. The summed E-state index contributed by atoms with van der Waals surface area (Å²) in [5.74, 6) is 0.301. The second-order valence-corrected chi connectivity index (χ2v) is 9.21. The highest BCUT2D eigenvalue weighted by molar-refractivity contribution is 6.01. The van der Waals surface area contributed by atoms with Crippen molar-refractivity contribution in [2.45, 2.75) is 70.8 Å². The molecule has 3 N–H and O–H groups in total. The molecule has 0 atom stereocenters. The molecule has 1 aromatic carbocycles. The van der Waals surface area contributed by atoms with Crippen molar-refractivity contribution in [2.24, 2.45) is 11.8 Å². The van der Waals surface area contributed by atoms with Crippen molar-refractivity contribution in [1.82, 2.24) is 5.32 Å². The predicted molar refractivity (Wildman–Crippen MR) is 127 cm³/mol. The Labute approximate surface area is 194 Å². The Kier molecular flexibility index (Phi) is 7.81. The van der Waals surface area contributed by atoms with Crippen LogP contribution >= 0.6 is 0 Å². The summed E-state index contributed by atoms with van der Waals surface area (Å²) in [5.41, 5.74) is 1.42. The molecule has 0 unspecified atom stereocenters. The molecular formula is C26H33N3O4. The Hall–Kier alpha value is -3.09. The highest BCUT2D eigenvalue weighted by atomic mass is 16.3. The lowest BCUT2D eigenvalue weighted by Gasteiger charge is -2.22. The van der Waals surface area contributed by atoms with E-state index in [1.54, 1.807) is 36.6 Å².